The van der Waals surface area contributed by atoms with Gasteiger partial charge in [0.05, 0.1) is 7.11 Å². The molecule has 3 atom stereocenters. The highest BCUT2D eigenvalue weighted by Gasteiger charge is 2.37. The van der Waals surface area contributed by atoms with Gasteiger partial charge in [-0.15, -0.1) is 0 Å². The molecule has 0 aliphatic heterocycles. The second kappa shape index (κ2) is 6.39. The molecule has 0 heterocycles. The average Bonchev–Trinajstić information content (AvgIpc) is 2.83. The van der Waals surface area contributed by atoms with E-state index < -0.39 is 0 Å². The smallest absolute Gasteiger partial charge is 0.122 e. The minimum Gasteiger partial charge on any atom is -0.496 e. The maximum atomic E-state index is 5.50. The van der Waals surface area contributed by atoms with Gasteiger partial charge in [0, 0.05) is 12.1 Å². The van der Waals surface area contributed by atoms with Gasteiger partial charge >= 0.3 is 0 Å². The number of methoxy groups -OCH3 is 1. The highest BCUT2D eigenvalue weighted by molar-refractivity contribution is 5.37. The molecule has 0 radical (unpaired) electrons. The molecule has 1 aromatic carbocycles. The van der Waals surface area contributed by atoms with Crippen LogP contribution in [-0.2, 0) is 0 Å². The van der Waals surface area contributed by atoms with Crippen molar-refractivity contribution < 1.29 is 4.74 Å². The maximum Gasteiger partial charge on any atom is 0.122 e. The van der Waals surface area contributed by atoms with Gasteiger partial charge in [-0.05, 0) is 55.1 Å². The van der Waals surface area contributed by atoms with Crippen LogP contribution >= 0.6 is 0 Å². The molecule has 2 saturated carbocycles. The first-order valence-electron chi connectivity index (χ1n) is 8.61. The van der Waals surface area contributed by atoms with Crippen molar-refractivity contribution in [1.29, 1.82) is 0 Å². The minimum atomic E-state index is 0.678. The van der Waals surface area contributed by atoms with Crippen molar-refractivity contribution in [2.45, 2.75) is 64.0 Å². The van der Waals surface area contributed by atoms with Crippen LogP contribution in [0.2, 0.25) is 0 Å². The van der Waals surface area contributed by atoms with Gasteiger partial charge in [-0.1, -0.05) is 38.5 Å². The Kier molecular flexibility index (Phi) is 4.54. The van der Waals surface area contributed by atoms with Crippen LogP contribution in [0.25, 0.3) is 0 Å². The normalized spacial score (nSPS) is 35.5. The molecule has 2 heteroatoms. The zero-order valence-electron chi connectivity index (χ0n) is 13.6. The van der Waals surface area contributed by atoms with Crippen LogP contribution in [0.5, 0.6) is 5.75 Å². The molecule has 2 aliphatic rings. The van der Waals surface area contributed by atoms with E-state index in [-0.39, 0.29) is 0 Å². The molecule has 0 aromatic heterocycles. The number of benzene rings is 1. The van der Waals surface area contributed by atoms with Crippen LogP contribution in [0.1, 0.15) is 57.4 Å². The molecule has 21 heavy (non-hydrogen) atoms. The van der Waals surface area contributed by atoms with Crippen molar-refractivity contribution in [1.82, 2.24) is 5.32 Å². The Bertz CT molecular complexity index is 466. The number of hydrogen-bond donors (Lipinski definition) is 1. The van der Waals surface area contributed by atoms with Crippen LogP contribution in [0.4, 0.5) is 0 Å². The molecule has 1 aromatic rings. The molecule has 3 unspecified atom stereocenters. The van der Waals surface area contributed by atoms with Crippen molar-refractivity contribution in [2.24, 2.45) is 11.8 Å². The fraction of sp³-hybridized carbons (Fsp3) is 0.684. The lowest BCUT2D eigenvalue weighted by atomic mass is 9.75. The highest BCUT2D eigenvalue weighted by Crippen LogP contribution is 2.42. The van der Waals surface area contributed by atoms with Crippen LogP contribution in [-0.4, -0.2) is 19.2 Å². The fourth-order valence-electron chi connectivity index (χ4n) is 4.37. The number of para-hydroxylation sites is 1. The number of ether oxygens (including phenoxy) is 1. The van der Waals surface area contributed by atoms with Gasteiger partial charge in [-0.2, -0.15) is 0 Å². The molecule has 3 rings (SSSR count). The van der Waals surface area contributed by atoms with Gasteiger partial charge < -0.3 is 10.1 Å². The van der Waals surface area contributed by atoms with E-state index in [1.807, 2.05) is 0 Å². The predicted octanol–water partition coefficient (Wildman–Crippen LogP) is 4.36. The molecular formula is C19H29NO. The van der Waals surface area contributed by atoms with E-state index >= 15 is 0 Å². The van der Waals surface area contributed by atoms with E-state index in [0.29, 0.717) is 12.0 Å². The third-order valence-electron chi connectivity index (χ3n) is 5.92. The molecule has 0 amide bonds. The molecule has 0 bridgehead atoms. The SMILES string of the molecule is CCC1CCC(NC2CC(c3ccccc3OC)C2)C1C. The van der Waals surface area contributed by atoms with E-state index in [1.165, 1.54) is 37.7 Å². The summed E-state index contributed by atoms with van der Waals surface area (Å²) in [6.07, 6.45) is 6.65. The number of rotatable bonds is 5. The summed E-state index contributed by atoms with van der Waals surface area (Å²) in [5, 5.41) is 3.93. The van der Waals surface area contributed by atoms with E-state index in [4.69, 9.17) is 4.74 Å². The summed E-state index contributed by atoms with van der Waals surface area (Å²) >= 11 is 0. The Morgan fingerprint density at radius 1 is 1.19 bits per heavy atom. The molecule has 0 spiro atoms. The van der Waals surface area contributed by atoms with Crippen LogP contribution < -0.4 is 10.1 Å². The first kappa shape index (κ1) is 14.9. The summed E-state index contributed by atoms with van der Waals surface area (Å²) in [5.41, 5.74) is 1.39. The van der Waals surface area contributed by atoms with Gasteiger partial charge in [0.1, 0.15) is 5.75 Å². The minimum absolute atomic E-state index is 0.678. The first-order valence-corrected chi connectivity index (χ1v) is 8.61. The molecule has 116 valence electrons. The van der Waals surface area contributed by atoms with Crippen molar-refractivity contribution in [3.8, 4) is 5.75 Å². The summed E-state index contributed by atoms with van der Waals surface area (Å²) in [5.74, 6) is 3.52. The second-order valence-electron chi connectivity index (χ2n) is 6.99. The first-order chi connectivity index (χ1) is 10.2. The number of hydrogen-bond acceptors (Lipinski definition) is 2. The lowest BCUT2D eigenvalue weighted by molar-refractivity contribution is 0.232. The quantitative estimate of drug-likeness (QED) is 0.869. The number of nitrogens with one attached hydrogen (secondary N) is 1. The van der Waals surface area contributed by atoms with Crippen molar-refractivity contribution in [2.75, 3.05) is 7.11 Å². The molecule has 2 fully saturated rings. The summed E-state index contributed by atoms with van der Waals surface area (Å²) < 4.78 is 5.50. The molecular weight excluding hydrogens is 258 g/mol. The van der Waals surface area contributed by atoms with E-state index in [2.05, 4.69) is 43.4 Å². The lowest BCUT2D eigenvalue weighted by Crippen LogP contribution is -2.46. The third kappa shape index (κ3) is 2.96. The van der Waals surface area contributed by atoms with Gasteiger partial charge in [0.25, 0.3) is 0 Å². The van der Waals surface area contributed by atoms with Crippen LogP contribution in [0, 0.1) is 11.8 Å². The van der Waals surface area contributed by atoms with E-state index in [9.17, 15) is 0 Å². The lowest BCUT2D eigenvalue weighted by Gasteiger charge is -2.39. The monoisotopic (exact) mass is 287 g/mol. The summed E-state index contributed by atoms with van der Waals surface area (Å²) in [7, 11) is 1.78. The van der Waals surface area contributed by atoms with Gasteiger partial charge in [-0.3, -0.25) is 0 Å². The van der Waals surface area contributed by atoms with Crippen LogP contribution in [0.3, 0.4) is 0 Å². The Labute approximate surface area is 129 Å². The van der Waals surface area contributed by atoms with Crippen molar-refractivity contribution in [3.05, 3.63) is 29.8 Å². The van der Waals surface area contributed by atoms with Gasteiger partial charge in [0.2, 0.25) is 0 Å². The second-order valence-corrected chi connectivity index (χ2v) is 6.99. The fourth-order valence-corrected chi connectivity index (χ4v) is 4.37. The summed E-state index contributed by atoms with van der Waals surface area (Å²) in [6, 6.07) is 9.96. The summed E-state index contributed by atoms with van der Waals surface area (Å²) in [4.78, 5) is 0. The Hall–Kier alpha value is -1.02. The van der Waals surface area contributed by atoms with Crippen molar-refractivity contribution in [3.63, 3.8) is 0 Å². The third-order valence-corrected chi connectivity index (χ3v) is 5.92. The molecule has 2 aliphatic carbocycles. The largest absolute Gasteiger partial charge is 0.496 e. The molecule has 1 N–H and O–H groups in total. The Morgan fingerprint density at radius 3 is 2.62 bits per heavy atom. The Morgan fingerprint density at radius 2 is 1.95 bits per heavy atom. The van der Waals surface area contributed by atoms with Crippen LogP contribution in [0.15, 0.2) is 24.3 Å². The van der Waals surface area contributed by atoms with Gasteiger partial charge in [-0.25, -0.2) is 0 Å². The zero-order valence-corrected chi connectivity index (χ0v) is 13.6. The topological polar surface area (TPSA) is 21.3 Å². The maximum absolute atomic E-state index is 5.50. The summed E-state index contributed by atoms with van der Waals surface area (Å²) in [6.45, 7) is 4.78. The zero-order chi connectivity index (χ0) is 14.8. The molecule has 2 nitrogen and oxygen atoms in total. The van der Waals surface area contributed by atoms with E-state index in [1.54, 1.807) is 7.11 Å². The van der Waals surface area contributed by atoms with Gasteiger partial charge in [0.15, 0.2) is 0 Å². The molecule has 0 saturated heterocycles. The highest BCUT2D eigenvalue weighted by atomic mass is 16.5. The Balaban J connectivity index is 1.52. The standard InChI is InChI=1S/C19H29NO/c1-4-14-9-10-18(13(14)2)20-16-11-15(12-16)17-7-5-6-8-19(17)21-3/h5-8,13-16,18,20H,4,9-12H2,1-3H3. The average molecular weight is 287 g/mol. The van der Waals surface area contributed by atoms with E-state index in [0.717, 1.165) is 23.6 Å². The van der Waals surface area contributed by atoms with Crippen molar-refractivity contribution >= 4 is 0 Å². The predicted molar refractivity (Wildman–Crippen MR) is 87.9 cm³/mol.